The van der Waals surface area contributed by atoms with Crippen LogP contribution in [0.15, 0.2) is 72.8 Å². The number of fused-ring (bicyclic) bond motifs is 1. The zero-order valence-corrected chi connectivity index (χ0v) is 17.0. The Morgan fingerprint density at radius 2 is 1.71 bits per heavy atom. The third-order valence-electron chi connectivity index (χ3n) is 5.18. The van der Waals surface area contributed by atoms with E-state index in [-0.39, 0.29) is 30.4 Å². The second kappa shape index (κ2) is 8.87. The van der Waals surface area contributed by atoms with Crippen LogP contribution in [0.25, 0.3) is 0 Å². The zero-order chi connectivity index (χ0) is 21.8. The van der Waals surface area contributed by atoms with Crippen LogP contribution in [0.1, 0.15) is 24.1 Å². The molecule has 1 unspecified atom stereocenters. The van der Waals surface area contributed by atoms with Crippen molar-refractivity contribution in [1.29, 1.82) is 0 Å². The van der Waals surface area contributed by atoms with Crippen LogP contribution in [-0.4, -0.2) is 23.4 Å². The van der Waals surface area contributed by atoms with Crippen molar-refractivity contribution in [3.63, 3.8) is 0 Å². The number of nitrogens with zero attached hydrogens (tertiary/aromatic N) is 1. The van der Waals surface area contributed by atoms with E-state index in [2.05, 4.69) is 10.6 Å². The van der Waals surface area contributed by atoms with Gasteiger partial charge in [0.1, 0.15) is 11.6 Å². The standard InChI is InChI=1S/C24H22FN3O3/c1-16(17-7-9-19(25)10-8-17)28-14-18-13-21(11-12-22(18)31-15-23(28)29)27-24(30)26-20-5-3-2-4-6-20/h2-13,16H,14-15H2,1H3,(H2,26,27,30). The maximum Gasteiger partial charge on any atom is 0.323 e. The number of hydrogen-bond acceptors (Lipinski definition) is 3. The molecule has 0 saturated carbocycles. The van der Waals surface area contributed by atoms with Crippen LogP contribution < -0.4 is 15.4 Å². The average Bonchev–Trinajstić information content (AvgIpc) is 2.93. The molecule has 7 heteroatoms. The number of hydrogen-bond donors (Lipinski definition) is 2. The molecule has 2 N–H and O–H groups in total. The smallest absolute Gasteiger partial charge is 0.323 e. The lowest BCUT2D eigenvalue weighted by molar-refractivity contribution is -0.135. The predicted molar refractivity (Wildman–Crippen MR) is 116 cm³/mol. The summed E-state index contributed by atoms with van der Waals surface area (Å²) in [5, 5.41) is 5.57. The third-order valence-corrected chi connectivity index (χ3v) is 5.18. The number of urea groups is 1. The van der Waals surface area contributed by atoms with Gasteiger partial charge >= 0.3 is 6.03 Å². The molecule has 0 fully saturated rings. The number of anilines is 2. The van der Waals surface area contributed by atoms with Crippen molar-refractivity contribution in [2.75, 3.05) is 17.2 Å². The van der Waals surface area contributed by atoms with Gasteiger partial charge in [-0.25, -0.2) is 9.18 Å². The lowest BCUT2D eigenvalue weighted by atomic mass is 10.1. The molecule has 31 heavy (non-hydrogen) atoms. The normalized spacial score (nSPS) is 14.1. The van der Waals surface area contributed by atoms with Crippen LogP contribution in [-0.2, 0) is 11.3 Å². The van der Waals surface area contributed by atoms with Gasteiger partial charge in [-0.15, -0.1) is 0 Å². The molecule has 0 aliphatic carbocycles. The van der Waals surface area contributed by atoms with Crippen molar-refractivity contribution in [2.45, 2.75) is 19.5 Å². The van der Waals surface area contributed by atoms with E-state index < -0.39 is 0 Å². The molecule has 0 aromatic heterocycles. The highest BCUT2D eigenvalue weighted by atomic mass is 19.1. The highest BCUT2D eigenvalue weighted by molar-refractivity contribution is 5.99. The molecule has 0 bridgehead atoms. The molecule has 3 amide bonds. The first-order valence-electron chi connectivity index (χ1n) is 9.93. The Morgan fingerprint density at radius 3 is 2.45 bits per heavy atom. The van der Waals surface area contributed by atoms with Gasteiger partial charge in [0.25, 0.3) is 5.91 Å². The highest BCUT2D eigenvalue weighted by Gasteiger charge is 2.27. The van der Waals surface area contributed by atoms with E-state index in [4.69, 9.17) is 4.74 Å². The minimum Gasteiger partial charge on any atom is -0.483 e. The molecule has 1 aliphatic heterocycles. The van der Waals surface area contributed by atoms with E-state index in [1.165, 1.54) is 12.1 Å². The summed E-state index contributed by atoms with van der Waals surface area (Å²) in [6, 6.07) is 19.9. The molecule has 6 nitrogen and oxygen atoms in total. The van der Waals surface area contributed by atoms with Crippen LogP contribution in [0.3, 0.4) is 0 Å². The van der Waals surface area contributed by atoms with Crippen molar-refractivity contribution >= 4 is 23.3 Å². The highest BCUT2D eigenvalue weighted by Crippen LogP contribution is 2.31. The van der Waals surface area contributed by atoms with Gasteiger partial charge in [0.2, 0.25) is 0 Å². The maximum atomic E-state index is 13.3. The van der Waals surface area contributed by atoms with Gasteiger partial charge in [0, 0.05) is 16.9 Å². The topological polar surface area (TPSA) is 70.7 Å². The minimum absolute atomic E-state index is 0.0835. The van der Waals surface area contributed by atoms with Gasteiger partial charge in [-0.1, -0.05) is 30.3 Å². The maximum absolute atomic E-state index is 13.3. The summed E-state index contributed by atoms with van der Waals surface area (Å²) in [5.74, 6) is 0.108. The van der Waals surface area contributed by atoms with Crippen molar-refractivity contribution < 1.29 is 18.7 Å². The molecule has 158 valence electrons. The summed E-state index contributed by atoms with van der Waals surface area (Å²) in [6.07, 6.45) is 0. The summed E-state index contributed by atoms with van der Waals surface area (Å²) in [7, 11) is 0. The van der Waals surface area contributed by atoms with Crippen LogP contribution >= 0.6 is 0 Å². The van der Waals surface area contributed by atoms with Gasteiger partial charge in [0.15, 0.2) is 6.61 Å². The number of rotatable bonds is 4. The van der Waals surface area contributed by atoms with Crippen molar-refractivity contribution in [1.82, 2.24) is 4.90 Å². The van der Waals surface area contributed by atoms with E-state index in [0.29, 0.717) is 23.7 Å². The monoisotopic (exact) mass is 419 g/mol. The van der Waals surface area contributed by atoms with E-state index in [1.807, 2.05) is 25.1 Å². The summed E-state index contributed by atoms with van der Waals surface area (Å²) >= 11 is 0. The molecular weight excluding hydrogens is 397 g/mol. The fraction of sp³-hybridized carbons (Fsp3) is 0.167. The fourth-order valence-corrected chi connectivity index (χ4v) is 3.50. The molecule has 0 radical (unpaired) electrons. The van der Waals surface area contributed by atoms with Gasteiger partial charge in [-0.05, 0) is 55.0 Å². The van der Waals surface area contributed by atoms with Gasteiger partial charge in [-0.2, -0.15) is 0 Å². The van der Waals surface area contributed by atoms with Crippen molar-refractivity contribution in [3.8, 4) is 5.75 Å². The van der Waals surface area contributed by atoms with Gasteiger partial charge in [-0.3, -0.25) is 4.79 Å². The largest absolute Gasteiger partial charge is 0.483 e. The number of amides is 3. The lowest BCUT2D eigenvalue weighted by Gasteiger charge is -2.28. The number of carbonyl (C=O) groups excluding carboxylic acids is 2. The fourth-order valence-electron chi connectivity index (χ4n) is 3.50. The zero-order valence-electron chi connectivity index (χ0n) is 17.0. The molecule has 3 aromatic carbocycles. The molecule has 1 aliphatic rings. The van der Waals surface area contributed by atoms with Gasteiger partial charge < -0.3 is 20.3 Å². The van der Waals surface area contributed by atoms with Crippen molar-refractivity contribution in [2.24, 2.45) is 0 Å². The van der Waals surface area contributed by atoms with Crippen LogP contribution in [0.5, 0.6) is 5.75 Å². The molecule has 3 aromatic rings. The molecule has 0 saturated heterocycles. The van der Waals surface area contributed by atoms with Crippen LogP contribution in [0.4, 0.5) is 20.6 Å². The number of ether oxygens (including phenoxy) is 1. The summed E-state index contributed by atoms with van der Waals surface area (Å²) in [4.78, 5) is 26.7. The summed E-state index contributed by atoms with van der Waals surface area (Å²) < 4.78 is 18.9. The lowest BCUT2D eigenvalue weighted by Crippen LogP contribution is -2.34. The number of carbonyl (C=O) groups is 2. The average molecular weight is 419 g/mol. The van der Waals surface area contributed by atoms with Crippen molar-refractivity contribution in [3.05, 3.63) is 89.7 Å². The number of benzene rings is 3. The first-order chi connectivity index (χ1) is 15.0. The van der Waals surface area contributed by atoms with E-state index in [0.717, 1.165) is 11.1 Å². The number of halogens is 1. The summed E-state index contributed by atoms with van der Waals surface area (Å²) in [5.41, 5.74) is 2.87. The van der Waals surface area contributed by atoms with Crippen LogP contribution in [0, 0.1) is 5.82 Å². The molecule has 1 heterocycles. The Bertz CT molecular complexity index is 1090. The Balaban J connectivity index is 1.51. The second-order valence-corrected chi connectivity index (χ2v) is 7.31. The van der Waals surface area contributed by atoms with E-state index in [1.54, 1.807) is 47.4 Å². The third kappa shape index (κ3) is 4.83. The molecule has 1 atom stereocenters. The molecule has 0 spiro atoms. The first kappa shape index (κ1) is 20.4. The molecular formula is C24H22FN3O3. The SMILES string of the molecule is CC(c1ccc(F)cc1)N1Cc2cc(NC(=O)Nc3ccccc3)ccc2OCC1=O. The Kier molecular flexibility index (Phi) is 5.84. The van der Waals surface area contributed by atoms with Crippen LogP contribution in [0.2, 0.25) is 0 Å². The molecule has 4 rings (SSSR count). The Labute approximate surface area is 179 Å². The predicted octanol–water partition coefficient (Wildman–Crippen LogP) is 4.95. The van der Waals surface area contributed by atoms with E-state index in [9.17, 15) is 14.0 Å². The Morgan fingerprint density at radius 1 is 1.00 bits per heavy atom. The number of nitrogens with one attached hydrogen (secondary N) is 2. The number of para-hydroxylation sites is 1. The van der Waals surface area contributed by atoms with Gasteiger partial charge in [0.05, 0.1) is 12.6 Å². The minimum atomic E-state index is -0.367. The van der Waals surface area contributed by atoms with E-state index >= 15 is 0 Å². The second-order valence-electron chi connectivity index (χ2n) is 7.31. The first-order valence-corrected chi connectivity index (χ1v) is 9.93. The quantitative estimate of drug-likeness (QED) is 0.629. The summed E-state index contributed by atoms with van der Waals surface area (Å²) in [6.45, 7) is 2.12. The Hall–Kier alpha value is -3.87.